The van der Waals surface area contributed by atoms with Gasteiger partial charge in [-0.15, -0.1) is 0 Å². The van der Waals surface area contributed by atoms with Gasteiger partial charge in [0, 0.05) is 42.8 Å². The number of aryl methyl sites for hydroxylation is 1. The van der Waals surface area contributed by atoms with Gasteiger partial charge in [-0.3, -0.25) is 9.59 Å². The van der Waals surface area contributed by atoms with Crippen molar-refractivity contribution in [2.24, 2.45) is 0 Å². The summed E-state index contributed by atoms with van der Waals surface area (Å²) in [5.41, 5.74) is 8.00. The van der Waals surface area contributed by atoms with E-state index in [4.69, 9.17) is 24.1 Å². The molecule has 4 N–H and O–H groups in total. The summed E-state index contributed by atoms with van der Waals surface area (Å²) in [5, 5.41) is 31.8. The smallest absolute Gasteiger partial charge is 0.305 e. The maximum atomic E-state index is 11.2. The summed E-state index contributed by atoms with van der Waals surface area (Å²) in [6, 6.07) is 19.6. The monoisotopic (exact) mass is 715 g/mol. The highest BCUT2D eigenvalue weighted by molar-refractivity contribution is 5.76. The molecule has 0 aliphatic carbocycles. The maximum Gasteiger partial charge on any atom is 0.305 e. The van der Waals surface area contributed by atoms with Gasteiger partial charge >= 0.3 is 5.97 Å². The van der Waals surface area contributed by atoms with Gasteiger partial charge in [0.15, 0.2) is 0 Å². The standard InChI is InChI=1S/C40H49N3O9/c1-25(44)19-33(46)22-41-21-29-16-18-37(43-40(29)50-5)52-24-31-11-8-14-35(27(31)3)34-13-7-10-30(26(34)2)23-51-36-17-15-28(39(42-36)49-4)9-6-12-32(45)20-38(47)48/h7-8,10-11,13-18,32-33,41,45-46H,6,9,12,19-24H2,1-5H3,(H,47,48)/t32-,33+/m1/s1. The molecule has 0 spiro atoms. The average Bonchev–Trinajstić information content (AvgIpc) is 3.11. The third-order valence-corrected chi connectivity index (χ3v) is 8.76. The molecule has 12 nitrogen and oxygen atoms in total. The molecule has 0 saturated heterocycles. The van der Waals surface area contributed by atoms with E-state index in [1.165, 1.54) is 6.92 Å². The topological polar surface area (TPSA) is 170 Å². The van der Waals surface area contributed by atoms with E-state index in [0.717, 1.165) is 44.5 Å². The van der Waals surface area contributed by atoms with Crippen molar-refractivity contribution in [2.45, 2.75) is 84.8 Å². The highest BCUT2D eigenvalue weighted by Gasteiger charge is 2.15. The van der Waals surface area contributed by atoms with Crippen LogP contribution in [0, 0.1) is 13.8 Å². The van der Waals surface area contributed by atoms with Crippen LogP contribution >= 0.6 is 0 Å². The van der Waals surface area contributed by atoms with E-state index in [-0.39, 0.29) is 25.2 Å². The normalized spacial score (nSPS) is 12.2. The van der Waals surface area contributed by atoms with Gasteiger partial charge < -0.3 is 39.6 Å². The number of pyridine rings is 2. The van der Waals surface area contributed by atoms with Crippen molar-refractivity contribution in [3.63, 3.8) is 0 Å². The molecule has 0 bridgehead atoms. The number of methoxy groups -OCH3 is 2. The molecule has 2 aromatic carbocycles. The SMILES string of the molecule is COc1nc(OCc2cccc(-c3cccc(COc4ccc(CNC[C@@H](O)CC(C)=O)c(OC)n4)c3C)c2C)ccc1CCC[C@@H](O)CC(=O)O. The summed E-state index contributed by atoms with van der Waals surface area (Å²) in [7, 11) is 3.09. The number of rotatable bonds is 21. The first-order valence-corrected chi connectivity index (χ1v) is 17.3. The number of aromatic nitrogens is 2. The third-order valence-electron chi connectivity index (χ3n) is 8.76. The minimum Gasteiger partial charge on any atom is -0.481 e. The number of ketones is 1. The highest BCUT2D eigenvalue weighted by atomic mass is 16.5. The number of nitrogens with zero attached hydrogens (tertiary/aromatic N) is 2. The molecule has 0 radical (unpaired) electrons. The molecule has 0 amide bonds. The van der Waals surface area contributed by atoms with Gasteiger partial charge in [-0.25, -0.2) is 0 Å². The van der Waals surface area contributed by atoms with Crippen molar-refractivity contribution in [2.75, 3.05) is 20.8 Å². The van der Waals surface area contributed by atoms with Crippen LogP contribution in [0.2, 0.25) is 0 Å². The highest BCUT2D eigenvalue weighted by Crippen LogP contribution is 2.32. The van der Waals surface area contributed by atoms with Gasteiger partial charge in [0.05, 0.1) is 32.8 Å². The Hall–Kier alpha value is -5.04. The number of aliphatic hydroxyl groups excluding tert-OH is 2. The molecule has 0 aliphatic rings. The van der Waals surface area contributed by atoms with Crippen molar-refractivity contribution in [1.82, 2.24) is 15.3 Å². The van der Waals surface area contributed by atoms with Crippen LogP contribution in [-0.2, 0) is 35.8 Å². The van der Waals surface area contributed by atoms with Gasteiger partial charge in [0.25, 0.3) is 0 Å². The fourth-order valence-corrected chi connectivity index (χ4v) is 5.92. The Morgan fingerprint density at radius 1 is 0.731 bits per heavy atom. The Morgan fingerprint density at radius 3 is 1.79 bits per heavy atom. The molecule has 4 rings (SSSR count). The minimum absolute atomic E-state index is 0.0620. The summed E-state index contributed by atoms with van der Waals surface area (Å²) in [6.45, 7) is 6.90. The van der Waals surface area contributed by atoms with Gasteiger partial charge in [-0.2, -0.15) is 9.97 Å². The summed E-state index contributed by atoms with van der Waals surface area (Å²) >= 11 is 0. The van der Waals surface area contributed by atoms with E-state index in [1.807, 2.05) is 36.4 Å². The molecule has 2 heterocycles. The summed E-state index contributed by atoms with van der Waals surface area (Å²) in [6.07, 6.45) is -0.241. The van der Waals surface area contributed by atoms with Gasteiger partial charge in [0.2, 0.25) is 23.5 Å². The number of carboxylic acid groups (broad SMARTS) is 1. The first-order chi connectivity index (χ1) is 25.0. The Morgan fingerprint density at radius 2 is 1.27 bits per heavy atom. The lowest BCUT2D eigenvalue weighted by Crippen LogP contribution is -2.28. The second-order valence-electron chi connectivity index (χ2n) is 12.7. The van der Waals surface area contributed by atoms with E-state index < -0.39 is 18.2 Å². The molecule has 4 aromatic rings. The number of aliphatic carboxylic acids is 1. The van der Waals surface area contributed by atoms with E-state index in [0.29, 0.717) is 62.5 Å². The summed E-state index contributed by atoms with van der Waals surface area (Å²) < 4.78 is 23.2. The minimum atomic E-state index is -1.02. The number of hydrogen-bond acceptors (Lipinski definition) is 11. The fourth-order valence-electron chi connectivity index (χ4n) is 5.92. The number of carboxylic acids is 1. The van der Waals surface area contributed by atoms with Crippen LogP contribution in [0.3, 0.4) is 0 Å². The Kier molecular flexibility index (Phi) is 14.9. The molecule has 278 valence electrons. The largest absolute Gasteiger partial charge is 0.481 e. The summed E-state index contributed by atoms with van der Waals surface area (Å²) in [4.78, 5) is 31.1. The van der Waals surface area contributed by atoms with E-state index >= 15 is 0 Å². The van der Waals surface area contributed by atoms with E-state index in [9.17, 15) is 19.8 Å². The number of ether oxygens (including phenoxy) is 4. The van der Waals surface area contributed by atoms with Crippen LogP contribution in [0.1, 0.15) is 66.0 Å². The van der Waals surface area contributed by atoms with Gasteiger partial charge in [-0.05, 0) is 85.5 Å². The molecule has 0 unspecified atom stereocenters. The predicted molar refractivity (Wildman–Crippen MR) is 196 cm³/mol. The van der Waals surface area contributed by atoms with Gasteiger partial charge in [-0.1, -0.05) is 36.4 Å². The number of benzene rings is 2. The summed E-state index contributed by atoms with van der Waals surface area (Å²) in [5.74, 6) is 0.614. The zero-order valence-corrected chi connectivity index (χ0v) is 30.5. The van der Waals surface area contributed by atoms with Crippen LogP contribution in [0.4, 0.5) is 0 Å². The third kappa shape index (κ3) is 11.5. The van der Waals surface area contributed by atoms with Crippen LogP contribution in [-0.4, -0.2) is 70.0 Å². The Bertz CT molecular complexity index is 1680. The first kappa shape index (κ1) is 39.7. The Labute approximate surface area is 304 Å². The zero-order chi connectivity index (χ0) is 37.6. The lowest BCUT2D eigenvalue weighted by molar-refractivity contribution is -0.139. The molecule has 0 saturated carbocycles. The van der Waals surface area contributed by atoms with Crippen LogP contribution < -0.4 is 24.3 Å². The van der Waals surface area contributed by atoms with Crippen molar-refractivity contribution in [3.05, 3.63) is 94.0 Å². The number of nitrogens with one attached hydrogen (secondary N) is 1. The average molecular weight is 716 g/mol. The maximum absolute atomic E-state index is 11.2. The van der Waals surface area contributed by atoms with E-state index in [2.05, 4.69) is 41.3 Å². The first-order valence-electron chi connectivity index (χ1n) is 17.3. The molecule has 52 heavy (non-hydrogen) atoms. The zero-order valence-electron chi connectivity index (χ0n) is 30.5. The van der Waals surface area contributed by atoms with Crippen molar-refractivity contribution < 1.29 is 43.9 Å². The lowest BCUT2D eigenvalue weighted by Gasteiger charge is -2.17. The fraction of sp³-hybridized carbons (Fsp3) is 0.400. The number of carbonyl (C=O) groups is 2. The van der Waals surface area contributed by atoms with Crippen molar-refractivity contribution in [1.29, 1.82) is 0 Å². The van der Waals surface area contributed by atoms with Crippen LogP contribution in [0.5, 0.6) is 23.5 Å². The lowest BCUT2D eigenvalue weighted by atomic mass is 9.92. The van der Waals surface area contributed by atoms with E-state index in [1.54, 1.807) is 26.4 Å². The quantitative estimate of drug-likeness (QED) is 0.0853. The molecule has 2 aromatic heterocycles. The molecule has 0 aliphatic heterocycles. The molecular weight excluding hydrogens is 666 g/mol. The van der Waals surface area contributed by atoms with Crippen molar-refractivity contribution >= 4 is 11.8 Å². The predicted octanol–water partition coefficient (Wildman–Crippen LogP) is 5.52. The number of hydrogen-bond donors (Lipinski definition) is 4. The second kappa shape index (κ2) is 19.5. The molecule has 0 fully saturated rings. The van der Waals surface area contributed by atoms with Crippen LogP contribution in [0.15, 0.2) is 60.7 Å². The molecular formula is C40H49N3O9. The second-order valence-corrected chi connectivity index (χ2v) is 12.7. The van der Waals surface area contributed by atoms with Gasteiger partial charge in [0.1, 0.15) is 19.0 Å². The number of aliphatic hydroxyl groups is 2. The number of carbonyl (C=O) groups excluding carboxylic acids is 1. The van der Waals surface area contributed by atoms with Crippen LogP contribution in [0.25, 0.3) is 11.1 Å². The van der Waals surface area contributed by atoms with Crippen molar-refractivity contribution in [3.8, 4) is 34.6 Å². The number of Topliss-reactive ketones (excluding diaryl/α,β-unsaturated/α-hetero) is 1. The molecule has 12 heteroatoms. The Balaban J connectivity index is 1.39. The molecule has 2 atom stereocenters.